The van der Waals surface area contributed by atoms with Gasteiger partial charge in [-0.3, -0.25) is 10.1 Å². The fraction of sp³-hybridized carbons (Fsp3) is 0.385. The van der Waals surface area contributed by atoms with Crippen LogP contribution in [0.5, 0.6) is 5.75 Å². The van der Waals surface area contributed by atoms with Gasteiger partial charge in [-0.2, -0.15) is 5.26 Å². The van der Waals surface area contributed by atoms with Crippen LogP contribution in [-0.2, 0) is 9.53 Å². The van der Waals surface area contributed by atoms with E-state index < -0.39 is 17.0 Å². The van der Waals surface area contributed by atoms with Crippen LogP contribution in [0.25, 0.3) is 0 Å². The molecule has 0 amide bonds. The van der Waals surface area contributed by atoms with Gasteiger partial charge in [-0.1, -0.05) is 0 Å². The van der Waals surface area contributed by atoms with Crippen LogP contribution in [-0.4, -0.2) is 24.1 Å². The summed E-state index contributed by atoms with van der Waals surface area (Å²) < 4.78 is 10.7. The first-order chi connectivity index (χ1) is 9.97. The number of halogens is 1. The normalized spacial score (nSPS) is 14.9. The minimum atomic E-state index is -0.852. The molecule has 110 valence electrons. The highest BCUT2D eigenvalue weighted by Crippen LogP contribution is 2.40. The van der Waals surface area contributed by atoms with Gasteiger partial charge in [0.05, 0.1) is 27.2 Å². The molecular weight excluding hydrogens is 391 g/mol. The average molecular weight is 402 g/mol. The summed E-state index contributed by atoms with van der Waals surface area (Å²) >= 11 is 1.85. The molecule has 1 aromatic carbocycles. The summed E-state index contributed by atoms with van der Waals surface area (Å²) in [5.74, 6) is -0.530. The van der Waals surface area contributed by atoms with Gasteiger partial charge in [-0.25, -0.2) is 4.79 Å². The first kappa shape index (κ1) is 15.5. The molecule has 1 atom stereocenters. The molecule has 0 heterocycles. The molecule has 0 spiro atoms. The van der Waals surface area contributed by atoms with E-state index in [1.54, 1.807) is 0 Å². The second-order valence-electron chi connectivity index (χ2n) is 4.57. The maximum atomic E-state index is 11.7. The lowest BCUT2D eigenvalue weighted by molar-refractivity contribution is -0.386. The van der Waals surface area contributed by atoms with Gasteiger partial charge < -0.3 is 9.47 Å². The van der Waals surface area contributed by atoms with Gasteiger partial charge in [0.1, 0.15) is 0 Å². The van der Waals surface area contributed by atoms with Gasteiger partial charge in [0.25, 0.3) is 0 Å². The Morgan fingerprint density at radius 3 is 2.71 bits per heavy atom. The molecule has 1 unspecified atom stereocenters. The number of benzene rings is 1. The molecule has 7 nitrogen and oxygen atoms in total. The number of nitriles is 1. The van der Waals surface area contributed by atoms with E-state index in [4.69, 9.17) is 10.00 Å². The molecule has 0 radical (unpaired) electrons. The number of esters is 1. The van der Waals surface area contributed by atoms with Crippen molar-refractivity contribution in [2.45, 2.75) is 18.9 Å². The molecule has 1 aliphatic carbocycles. The number of carbonyl (C=O) groups is 1. The molecule has 0 aromatic heterocycles. The van der Waals surface area contributed by atoms with Crippen LogP contribution in [0.1, 0.15) is 18.4 Å². The standard InChI is InChI=1S/C13H11IN2O5/c1-20-13(17)11(8-2-3-8)21-12-9(14)4-7(6-15)5-10(12)16(18)19/h4-5,8,11H,2-3H2,1H3. The summed E-state index contributed by atoms with van der Waals surface area (Å²) in [6.45, 7) is 0. The molecule has 0 saturated heterocycles. The lowest BCUT2D eigenvalue weighted by atomic mass is 10.2. The Morgan fingerprint density at radius 2 is 2.24 bits per heavy atom. The third kappa shape index (κ3) is 3.41. The zero-order valence-corrected chi connectivity index (χ0v) is 13.2. The van der Waals surface area contributed by atoms with Crippen molar-refractivity contribution in [2.24, 2.45) is 5.92 Å². The summed E-state index contributed by atoms with van der Waals surface area (Å²) in [4.78, 5) is 22.3. The quantitative estimate of drug-likeness (QED) is 0.324. The van der Waals surface area contributed by atoms with E-state index in [9.17, 15) is 14.9 Å². The number of rotatable bonds is 5. The van der Waals surface area contributed by atoms with Crippen molar-refractivity contribution in [2.75, 3.05) is 7.11 Å². The van der Waals surface area contributed by atoms with Crippen molar-refractivity contribution in [3.8, 4) is 11.8 Å². The monoisotopic (exact) mass is 402 g/mol. The highest BCUT2D eigenvalue weighted by Gasteiger charge is 2.40. The van der Waals surface area contributed by atoms with Crippen molar-refractivity contribution in [3.05, 3.63) is 31.4 Å². The minimum absolute atomic E-state index is 0.00176. The van der Waals surface area contributed by atoms with Gasteiger partial charge in [0.15, 0.2) is 6.10 Å². The molecule has 0 N–H and O–H groups in total. The van der Waals surface area contributed by atoms with E-state index in [1.165, 1.54) is 13.2 Å². The van der Waals surface area contributed by atoms with Gasteiger partial charge >= 0.3 is 11.7 Å². The number of hydrogen-bond donors (Lipinski definition) is 0. The molecule has 1 saturated carbocycles. The molecule has 1 aliphatic rings. The number of methoxy groups -OCH3 is 1. The predicted octanol–water partition coefficient (Wildman–Crippen LogP) is 2.40. The van der Waals surface area contributed by atoms with Crippen LogP contribution in [0.3, 0.4) is 0 Å². The van der Waals surface area contributed by atoms with Gasteiger partial charge in [0.2, 0.25) is 5.75 Å². The number of nitro groups is 1. The summed E-state index contributed by atoms with van der Waals surface area (Å²) in [5, 5.41) is 20.0. The van der Waals surface area contributed by atoms with Crippen LogP contribution >= 0.6 is 22.6 Å². The predicted molar refractivity (Wildman–Crippen MR) is 79.7 cm³/mol. The van der Waals surface area contributed by atoms with Crippen LogP contribution in [0, 0.1) is 30.9 Å². The highest BCUT2D eigenvalue weighted by molar-refractivity contribution is 14.1. The molecule has 1 fully saturated rings. The zero-order valence-electron chi connectivity index (χ0n) is 11.0. The van der Waals surface area contributed by atoms with E-state index in [0.29, 0.717) is 3.57 Å². The number of nitro benzene ring substituents is 1. The Labute approximate surface area is 134 Å². The first-order valence-corrected chi connectivity index (χ1v) is 7.18. The first-order valence-electron chi connectivity index (χ1n) is 6.10. The number of nitrogens with zero attached hydrogens (tertiary/aromatic N) is 2. The maximum Gasteiger partial charge on any atom is 0.347 e. The summed E-state index contributed by atoms with van der Waals surface area (Å²) in [5.41, 5.74) is -0.160. The molecule has 1 aromatic rings. The Bertz CT molecular complexity index is 636. The lowest BCUT2D eigenvalue weighted by Crippen LogP contribution is -2.31. The van der Waals surface area contributed by atoms with Gasteiger partial charge in [0, 0.05) is 12.0 Å². The molecule has 8 heteroatoms. The molecule has 2 rings (SSSR count). The molecule has 21 heavy (non-hydrogen) atoms. The van der Waals surface area contributed by atoms with Crippen LogP contribution < -0.4 is 4.74 Å². The Kier molecular flexibility index (Phi) is 4.62. The van der Waals surface area contributed by atoms with E-state index in [-0.39, 0.29) is 22.9 Å². The molecule has 0 bridgehead atoms. The van der Waals surface area contributed by atoms with E-state index in [1.807, 2.05) is 28.7 Å². The Morgan fingerprint density at radius 1 is 1.57 bits per heavy atom. The molecular formula is C13H11IN2O5. The van der Waals surface area contributed by atoms with E-state index >= 15 is 0 Å². The molecule has 0 aliphatic heterocycles. The third-order valence-corrected chi connectivity index (χ3v) is 3.88. The zero-order chi connectivity index (χ0) is 15.6. The smallest absolute Gasteiger partial charge is 0.347 e. The van der Waals surface area contributed by atoms with Crippen molar-refractivity contribution < 1.29 is 19.2 Å². The Balaban J connectivity index is 2.40. The second kappa shape index (κ2) is 6.26. The average Bonchev–Trinajstić information content (AvgIpc) is 3.28. The van der Waals surface area contributed by atoms with Crippen molar-refractivity contribution >= 4 is 34.2 Å². The fourth-order valence-electron chi connectivity index (χ4n) is 1.87. The van der Waals surface area contributed by atoms with Crippen molar-refractivity contribution in [3.63, 3.8) is 0 Å². The van der Waals surface area contributed by atoms with E-state index in [2.05, 4.69) is 4.74 Å². The highest BCUT2D eigenvalue weighted by atomic mass is 127. The topological polar surface area (TPSA) is 102 Å². The summed E-state index contributed by atoms with van der Waals surface area (Å²) in [7, 11) is 1.25. The number of carbonyl (C=O) groups excluding carboxylic acids is 1. The van der Waals surface area contributed by atoms with E-state index in [0.717, 1.165) is 18.9 Å². The summed E-state index contributed by atoms with van der Waals surface area (Å²) in [6, 6.07) is 4.47. The SMILES string of the molecule is COC(=O)C(Oc1c(I)cc(C#N)cc1[N+](=O)[O-])C1CC1. The van der Waals surface area contributed by atoms with Gasteiger partial charge in [-0.05, 0) is 41.5 Å². The lowest BCUT2D eigenvalue weighted by Gasteiger charge is -2.17. The van der Waals surface area contributed by atoms with Crippen LogP contribution in [0.2, 0.25) is 0 Å². The largest absolute Gasteiger partial charge is 0.470 e. The second-order valence-corrected chi connectivity index (χ2v) is 5.74. The van der Waals surface area contributed by atoms with Crippen LogP contribution in [0.4, 0.5) is 5.69 Å². The maximum absolute atomic E-state index is 11.7. The van der Waals surface area contributed by atoms with Crippen molar-refractivity contribution in [1.82, 2.24) is 0 Å². The van der Waals surface area contributed by atoms with Crippen molar-refractivity contribution in [1.29, 1.82) is 5.26 Å². The fourth-order valence-corrected chi connectivity index (χ4v) is 2.61. The third-order valence-electron chi connectivity index (χ3n) is 3.08. The number of hydrogen-bond acceptors (Lipinski definition) is 6. The van der Waals surface area contributed by atoms with Crippen LogP contribution in [0.15, 0.2) is 12.1 Å². The number of ether oxygens (including phenoxy) is 2. The Hall–Kier alpha value is -1.89. The minimum Gasteiger partial charge on any atom is -0.470 e. The summed E-state index contributed by atoms with van der Waals surface area (Å²) in [6.07, 6.45) is 0.788. The van der Waals surface area contributed by atoms with Gasteiger partial charge in [-0.15, -0.1) is 0 Å².